The molecule has 0 atom stereocenters. The van der Waals surface area contributed by atoms with Gasteiger partial charge in [-0.05, 0) is 12.1 Å². The predicted molar refractivity (Wildman–Crippen MR) is 64.4 cm³/mol. The van der Waals surface area contributed by atoms with Crippen molar-refractivity contribution >= 4 is 5.69 Å². The highest BCUT2D eigenvalue weighted by atomic mass is 19.1. The van der Waals surface area contributed by atoms with Crippen LogP contribution in [0.4, 0.5) is 10.1 Å². The van der Waals surface area contributed by atoms with Gasteiger partial charge in [0, 0.05) is 6.54 Å². The second-order valence-electron chi connectivity index (χ2n) is 5.01. The van der Waals surface area contributed by atoms with E-state index in [0.29, 0.717) is 44.3 Å². The molecule has 1 aromatic rings. The van der Waals surface area contributed by atoms with E-state index in [1.54, 1.807) is 12.1 Å². The zero-order chi connectivity index (χ0) is 12.6. The van der Waals surface area contributed by atoms with Crippen molar-refractivity contribution in [2.75, 3.05) is 44.4 Å². The minimum atomic E-state index is -0.277. The number of nitrogens with zero attached hydrogens (tertiary/aromatic N) is 1. The van der Waals surface area contributed by atoms with Gasteiger partial charge in [-0.25, -0.2) is 4.39 Å². The van der Waals surface area contributed by atoms with E-state index < -0.39 is 0 Å². The van der Waals surface area contributed by atoms with E-state index in [1.165, 1.54) is 6.07 Å². The van der Waals surface area contributed by atoms with Gasteiger partial charge in [-0.2, -0.15) is 0 Å². The van der Waals surface area contributed by atoms with Gasteiger partial charge in [0.05, 0.1) is 31.8 Å². The molecule has 4 nitrogen and oxygen atoms in total. The van der Waals surface area contributed by atoms with Crippen LogP contribution in [0.3, 0.4) is 0 Å². The maximum atomic E-state index is 13.9. The first kappa shape index (κ1) is 11.7. The summed E-state index contributed by atoms with van der Waals surface area (Å²) in [6.07, 6.45) is 0. The van der Waals surface area contributed by atoms with Gasteiger partial charge in [-0.1, -0.05) is 6.07 Å². The molecule has 2 aliphatic rings. The molecule has 0 aliphatic carbocycles. The number of fused-ring (bicyclic) bond motifs is 1. The molecule has 0 spiro atoms. The number of hydrogen-bond acceptors (Lipinski definition) is 4. The Morgan fingerprint density at radius 3 is 2.89 bits per heavy atom. The van der Waals surface area contributed by atoms with Crippen LogP contribution in [0.2, 0.25) is 0 Å². The molecule has 2 heterocycles. The average Bonchev–Trinajstić information content (AvgIpc) is 2.34. The van der Waals surface area contributed by atoms with Crippen molar-refractivity contribution < 1.29 is 19.0 Å². The summed E-state index contributed by atoms with van der Waals surface area (Å²) in [5.74, 6) is 0.301. The number of ether oxygens (including phenoxy) is 2. The monoisotopic (exact) mass is 253 g/mol. The van der Waals surface area contributed by atoms with E-state index in [-0.39, 0.29) is 17.8 Å². The molecule has 0 amide bonds. The van der Waals surface area contributed by atoms with Gasteiger partial charge in [0.2, 0.25) is 0 Å². The lowest BCUT2D eigenvalue weighted by molar-refractivity contribution is -0.131. The molecule has 2 aliphatic heterocycles. The van der Waals surface area contributed by atoms with Gasteiger partial charge in [0.25, 0.3) is 0 Å². The van der Waals surface area contributed by atoms with Gasteiger partial charge < -0.3 is 19.5 Å². The standard InChI is InChI=1S/C13H16FNO3/c14-10-2-1-3-11-12(10)15(4-5-18-11)6-13(7-16)8-17-9-13/h1-3,16H,4-9H2. The zero-order valence-corrected chi connectivity index (χ0v) is 10.1. The molecule has 0 unspecified atom stereocenters. The highest BCUT2D eigenvalue weighted by Crippen LogP contribution is 2.37. The SMILES string of the molecule is OCC1(CN2CCOc3cccc(F)c32)COC1. The normalized spacial score (nSPS) is 20.9. The fraction of sp³-hybridized carbons (Fsp3) is 0.538. The molecule has 1 aromatic carbocycles. The van der Waals surface area contributed by atoms with Crippen LogP contribution >= 0.6 is 0 Å². The van der Waals surface area contributed by atoms with Gasteiger partial charge >= 0.3 is 0 Å². The van der Waals surface area contributed by atoms with E-state index >= 15 is 0 Å². The minimum absolute atomic E-state index is 0.0636. The van der Waals surface area contributed by atoms with Crippen LogP contribution < -0.4 is 9.64 Å². The lowest BCUT2D eigenvalue weighted by Crippen LogP contribution is -2.54. The third-order valence-electron chi connectivity index (χ3n) is 3.56. The first-order valence-electron chi connectivity index (χ1n) is 6.09. The average molecular weight is 253 g/mol. The van der Waals surface area contributed by atoms with Gasteiger partial charge in [-0.15, -0.1) is 0 Å². The molecular formula is C13H16FNO3. The number of para-hydroxylation sites is 1. The first-order valence-corrected chi connectivity index (χ1v) is 6.09. The Kier molecular flexibility index (Phi) is 2.87. The van der Waals surface area contributed by atoms with E-state index in [2.05, 4.69) is 0 Å². The Hall–Kier alpha value is -1.33. The van der Waals surface area contributed by atoms with Crippen molar-refractivity contribution in [2.45, 2.75) is 0 Å². The molecule has 0 saturated carbocycles. The molecule has 1 N–H and O–H groups in total. The van der Waals surface area contributed by atoms with Crippen LogP contribution in [0.25, 0.3) is 0 Å². The van der Waals surface area contributed by atoms with Crippen LogP contribution in [-0.2, 0) is 4.74 Å². The van der Waals surface area contributed by atoms with Crippen LogP contribution in [0, 0.1) is 11.2 Å². The van der Waals surface area contributed by atoms with E-state index in [4.69, 9.17) is 9.47 Å². The van der Waals surface area contributed by atoms with Crippen molar-refractivity contribution in [1.29, 1.82) is 0 Å². The summed E-state index contributed by atoms with van der Waals surface area (Å²) in [5, 5.41) is 9.45. The molecule has 0 radical (unpaired) electrons. The lowest BCUT2D eigenvalue weighted by Gasteiger charge is -2.45. The van der Waals surface area contributed by atoms with Gasteiger partial charge in [0.15, 0.2) is 0 Å². The Bertz CT molecular complexity index is 442. The second-order valence-corrected chi connectivity index (χ2v) is 5.01. The van der Waals surface area contributed by atoms with E-state index in [0.717, 1.165) is 0 Å². The van der Waals surface area contributed by atoms with Crippen LogP contribution in [0.1, 0.15) is 0 Å². The third kappa shape index (κ3) is 1.83. The largest absolute Gasteiger partial charge is 0.489 e. The second kappa shape index (κ2) is 4.40. The van der Waals surface area contributed by atoms with Crippen molar-refractivity contribution in [2.24, 2.45) is 5.41 Å². The topological polar surface area (TPSA) is 41.9 Å². The molecule has 3 rings (SSSR count). The fourth-order valence-corrected chi connectivity index (χ4v) is 2.48. The number of hydrogen-bond donors (Lipinski definition) is 1. The predicted octanol–water partition coefficient (Wildman–Crippen LogP) is 1.03. The summed E-state index contributed by atoms with van der Waals surface area (Å²) in [4.78, 5) is 1.95. The van der Waals surface area contributed by atoms with Crippen LogP contribution in [0.5, 0.6) is 5.75 Å². The van der Waals surface area contributed by atoms with Gasteiger partial charge in [-0.3, -0.25) is 0 Å². The smallest absolute Gasteiger partial charge is 0.150 e. The summed E-state index contributed by atoms with van der Waals surface area (Å²) < 4.78 is 24.5. The van der Waals surface area contributed by atoms with Gasteiger partial charge in [0.1, 0.15) is 23.9 Å². The molecule has 0 aromatic heterocycles. The van der Waals surface area contributed by atoms with Crippen LogP contribution in [0.15, 0.2) is 18.2 Å². The lowest BCUT2D eigenvalue weighted by atomic mass is 9.86. The van der Waals surface area contributed by atoms with Crippen molar-refractivity contribution in [1.82, 2.24) is 0 Å². The minimum Gasteiger partial charge on any atom is -0.489 e. The third-order valence-corrected chi connectivity index (χ3v) is 3.56. The zero-order valence-electron chi connectivity index (χ0n) is 10.1. The number of benzene rings is 1. The Labute approximate surface area is 105 Å². The highest BCUT2D eigenvalue weighted by molar-refractivity contribution is 5.61. The summed E-state index contributed by atoms with van der Waals surface area (Å²) in [6, 6.07) is 4.85. The van der Waals surface area contributed by atoms with Crippen molar-refractivity contribution in [3.8, 4) is 5.75 Å². The fourth-order valence-electron chi connectivity index (χ4n) is 2.48. The number of rotatable bonds is 3. The van der Waals surface area contributed by atoms with Crippen LogP contribution in [-0.4, -0.2) is 44.6 Å². The molecule has 98 valence electrons. The van der Waals surface area contributed by atoms with Crippen molar-refractivity contribution in [3.63, 3.8) is 0 Å². The summed E-state index contributed by atoms with van der Waals surface area (Å²) in [7, 11) is 0. The highest BCUT2D eigenvalue weighted by Gasteiger charge is 2.41. The molecule has 18 heavy (non-hydrogen) atoms. The first-order chi connectivity index (χ1) is 8.74. The molecular weight excluding hydrogens is 237 g/mol. The van der Waals surface area contributed by atoms with Crippen molar-refractivity contribution in [3.05, 3.63) is 24.0 Å². The molecule has 1 saturated heterocycles. The summed E-state index contributed by atoms with van der Waals surface area (Å²) in [5.41, 5.74) is 0.250. The Morgan fingerprint density at radius 1 is 1.39 bits per heavy atom. The summed E-state index contributed by atoms with van der Waals surface area (Å²) in [6.45, 7) is 2.90. The Balaban J connectivity index is 1.87. The Morgan fingerprint density at radius 2 is 2.22 bits per heavy atom. The molecule has 0 bridgehead atoms. The maximum Gasteiger partial charge on any atom is 0.150 e. The van der Waals surface area contributed by atoms with E-state index in [9.17, 15) is 9.50 Å². The maximum absolute atomic E-state index is 13.9. The number of aliphatic hydroxyl groups excluding tert-OH is 1. The molecule has 5 heteroatoms. The number of aliphatic hydroxyl groups is 1. The summed E-state index contributed by atoms with van der Waals surface area (Å²) >= 11 is 0. The molecule has 1 fully saturated rings. The quantitative estimate of drug-likeness (QED) is 0.873. The number of anilines is 1. The van der Waals surface area contributed by atoms with E-state index in [1.807, 2.05) is 4.90 Å². The number of halogens is 1.